The molecule has 112 valence electrons. The summed E-state index contributed by atoms with van der Waals surface area (Å²) in [4.78, 5) is 15.9. The van der Waals surface area contributed by atoms with E-state index in [4.69, 9.17) is 10.5 Å². The highest BCUT2D eigenvalue weighted by Crippen LogP contribution is 2.24. The average molecular weight is 287 g/mol. The molecule has 5 nitrogen and oxygen atoms in total. The van der Waals surface area contributed by atoms with Crippen molar-refractivity contribution in [2.24, 2.45) is 5.73 Å². The SMILES string of the molecule is Cc1ccc2cccc(OCC(NC(C)C)C(N)=O)c2n1. The Hall–Kier alpha value is -2.14. The Balaban J connectivity index is 2.19. The third kappa shape index (κ3) is 3.92. The van der Waals surface area contributed by atoms with Crippen LogP contribution in [0.1, 0.15) is 19.5 Å². The minimum Gasteiger partial charge on any atom is -0.489 e. The lowest BCUT2D eigenvalue weighted by atomic mass is 10.2. The second-order valence-electron chi connectivity index (χ2n) is 5.37. The first-order chi connectivity index (χ1) is 9.97. The van der Waals surface area contributed by atoms with Gasteiger partial charge in [0.1, 0.15) is 23.9 Å². The number of aryl methyl sites for hydroxylation is 1. The van der Waals surface area contributed by atoms with Crippen molar-refractivity contribution in [2.45, 2.75) is 32.9 Å². The van der Waals surface area contributed by atoms with Gasteiger partial charge in [-0.05, 0) is 19.1 Å². The number of rotatable bonds is 6. The fraction of sp³-hybridized carbons (Fsp3) is 0.375. The van der Waals surface area contributed by atoms with E-state index in [2.05, 4.69) is 10.3 Å². The molecule has 0 aliphatic carbocycles. The maximum atomic E-state index is 11.4. The summed E-state index contributed by atoms with van der Waals surface area (Å²) in [5.74, 6) is 0.237. The Kier molecular flexibility index (Phi) is 4.75. The Morgan fingerprint density at radius 2 is 2.10 bits per heavy atom. The number of ether oxygens (including phenoxy) is 1. The van der Waals surface area contributed by atoms with Crippen molar-refractivity contribution in [1.82, 2.24) is 10.3 Å². The first kappa shape index (κ1) is 15.3. The fourth-order valence-electron chi connectivity index (χ4n) is 2.12. The summed E-state index contributed by atoms with van der Waals surface area (Å²) in [7, 11) is 0. The van der Waals surface area contributed by atoms with Crippen LogP contribution in [0.15, 0.2) is 30.3 Å². The van der Waals surface area contributed by atoms with E-state index in [9.17, 15) is 4.79 Å². The summed E-state index contributed by atoms with van der Waals surface area (Å²) in [6.07, 6.45) is 0. The molecule has 1 atom stereocenters. The zero-order valence-electron chi connectivity index (χ0n) is 12.6. The van der Waals surface area contributed by atoms with Crippen LogP contribution in [0.2, 0.25) is 0 Å². The molecule has 2 aromatic rings. The third-order valence-corrected chi connectivity index (χ3v) is 3.11. The number of nitrogens with two attached hydrogens (primary N) is 1. The zero-order valence-corrected chi connectivity index (χ0v) is 12.6. The second kappa shape index (κ2) is 6.54. The number of nitrogens with zero attached hydrogens (tertiary/aromatic N) is 1. The van der Waals surface area contributed by atoms with E-state index in [1.165, 1.54) is 0 Å². The number of nitrogens with one attached hydrogen (secondary N) is 1. The number of carbonyl (C=O) groups is 1. The van der Waals surface area contributed by atoms with Crippen molar-refractivity contribution in [3.05, 3.63) is 36.0 Å². The highest BCUT2D eigenvalue weighted by molar-refractivity contribution is 5.84. The monoisotopic (exact) mass is 287 g/mol. The predicted molar refractivity (Wildman–Crippen MR) is 83.2 cm³/mol. The lowest BCUT2D eigenvalue weighted by Gasteiger charge is -2.19. The van der Waals surface area contributed by atoms with Gasteiger partial charge in [-0.2, -0.15) is 0 Å². The number of hydrogen-bond acceptors (Lipinski definition) is 4. The first-order valence-corrected chi connectivity index (χ1v) is 7.02. The third-order valence-electron chi connectivity index (χ3n) is 3.11. The van der Waals surface area contributed by atoms with Crippen LogP contribution >= 0.6 is 0 Å². The van der Waals surface area contributed by atoms with Gasteiger partial charge in [-0.1, -0.05) is 32.0 Å². The summed E-state index contributed by atoms with van der Waals surface area (Å²) in [6, 6.07) is 9.32. The molecule has 0 saturated carbocycles. The molecule has 21 heavy (non-hydrogen) atoms. The molecule has 0 aliphatic heterocycles. The van der Waals surface area contributed by atoms with Crippen LogP contribution in [-0.2, 0) is 4.79 Å². The maximum absolute atomic E-state index is 11.4. The molecule has 1 heterocycles. The van der Waals surface area contributed by atoms with Crippen LogP contribution in [0.4, 0.5) is 0 Å². The van der Waals surface area contributed by atoms with Crippen molar-refractivity contribution in [2.75, 3.05) is 6.61 Å². The number of carbonyl (C=O) groups excluding carboxylic acids is 1. The summed E-state index contributed by atoms with van der Waals surface area (Å²) < 4.78 is 5.77. The van der Waals surface area contributed by atoms with Gasteiger partial charge < -0.3 is 15.8 Å². The molecule has 1 aromatic carbocycles. The van der Waals surface area contributed by atoms with Crippen molar-refractivity contribution in [3.63, 3.8) is 0 Å². The molecule has 3 N–H and O–H groups in total. The molecule has 5 heteroatoms. The van der Waals surface area contributed by atoms with E-state index in [0.29, 0.717) is 5.75 Å². The number of pyridine rings is 1. The lowest BCUT2D eigenvalue weighted by molar-refractivity contribution is -0.120. The first-order valence-electron chi connectivity index (χ1n) is 7.02. The van der Waals surface area contributed by atoms with Gasteiger partial charge in [0, 0.05) is 17.1 Å². The topological polar surface area (TPSA) is 77.2 Å². The number of aromatic nitrogens is 1. The molecule has 1 unspecified atom stereocenters. The van der Waals surface area contributed by atoms with Gasteiger partial charge in [-0.25, -0.2) is 4.98 Å². The minimum absolute atomic E-state index is 0.152. The average Bonchev–Trinajstić information content (AvgIpc) is 2.42. The van der Waals surface area contributed by atoms with E-state index < -0.39 is 11.9 Å². The molecule has 0 saturated heterocycles. The standard InChI is InChI=1S/C16H21N3O2/c1-10(2)18-13(16(17)20)9-21-14-6-4-5-12-8-7-11(3)19-15(12)14/h4-8,10,13,18H,9H2,1-3H3,(H2,17,20). The van der Waals surface area contributed by atoms with E-state index in [1.807, 2.05) is 51.1 Å². The Morgan fingerprint density at radius 3 is 2.76 bits per heavy atom. The van der Waals surface area contributed by atoms with Gasteiger partial charge in [0.05, 0.1) is 0 Å². The molecular weight excluding hydrogens is 266 g/mol. The van der Waals surface area contributed by atoms with E-state index in [0.717, 1.165) is 16.6 Å². The molecule has 1 amide bonds. The van der Waals surface area contributed by atoms with Crippen molar-refractivity contribution < 1.29 is 9.53 Å². The van der Waals surface area contributed by atoms with Gasteiger partial charge >= 0.3 is 0 Å². The van der Waals surface area contributed by atoms with E-state index in [-0.39, 0.29) is 12.6 Å². The zero-order chi connectivity index (χ0) is 15.4. The van der Waals surface area contributed by atoms with Gasteiger partial charge in [0.15, 0.2) is 0 Å². The molecule has 0 fully saturated rings. The normalized spacial score (nSPS) is 12.6. The molecule has 0 radical (unpaired) electrons. The number of amides is 1. The predicted octanol–water partition coefficient (Wildman–Crippen LogP) is 1.77. The summed E-state index contributed by atoms with van der Waals surface area (Å²) in [6.45, 7) is 6.03. The fourth-order valence-corrected chi connectivity index (χ4v) is 2.12. The van der Waals surface area contributed by atoms with Crippen molar-refractivity contribution in [1.29, 1.82) is 0 Å². The smallest absolute Gasteiger partial charge is 0.238 e. The quantitative estimate of drug-likeness (QED) is 0.849. The lowest BCUT2D eigenvalue weighted by Crippen LogP contribution is -2.48. The number of fused-ring (bicyclic) bond motifs is 1. The van der Waals surface area contributed by atoms with Crippen molar-refractivity contribution in [3.8, 4) is 5.75 Å². The highest BCUT2D eigenvalue weighted by Gasteiger charge is 2.17. The summed E-state index contributed by atoms with van der Waals surface area (Å²) in [5.41, 5.74) is 7.11. The van der Waals surface area contributed by atoms with Crippen molar-refractivity contribution >= 4 is 16.8 Å². The van der Waals surface area contributed by atoms with Crippen LogP contribution in [0.3, 0.4) is 0 Å². The molecule has 2 rings (SSSR count). The summed E-state index contributed by atoms with van der Waals surface area (Å²) >= 11 is 0. The van der Waals surface area contributed by atoms with Crippen LogP contribution in [-0.4, -0.2) is 29.6 Å². The molecule has 0 aliphatic rings. The van der Waals surface area contributed by atoms with Crippen LogP contribution in [0, 0.1) is 6.92 Å². The highest BCUT2D eigenvalue weighted by atomic mass is 16.5. The number of hydrogen-bond donors (Lipinski definition) is 2. The second-order valence-corrected chi connectivity index (χ2v) is 5.37. The van der Waals surface area contributed by atoms with E-state index in [1.54, 1.807) is 0 Å². The maximum Gasteiger partial charge on any atom is 0.238 e. The number of primary amides is 1. The molecular formula is C16H21N3O2. The van der Waals surface area contributed by atoms with E-state index >= 15 is 0 Å². The Labute approximate surface area is 124 Å². The van der Waals surface area contributed by atoms with Crippen LogP contribution in [0.25, 0.3) is 10.9 Å². The minimum atomic E-state index is -0.523. The molecule has 0 spiro atoms. The van der Waals surface area contributed by atoms with Gasteiger partial charge in [0.2, 0.25) is 5.91 Å². The summed E-state index contributed by atoms with van der Waals surface area (Å²) in [5, 5.41) is 4.09. The van der Waals surface area contributed by atoms with Crippen LogP contribution in [0.5, 0.6) is 5.75 Å². The number of benzene rings is 1. The Morgan fingerprint density at radius 1 is 1.33 bits per heavy atom. The number of para-hydroxylation sites is 1. The van der Waals surface area contributed by atoms with Crippen LogP contribution < -0.4 is 15.8 Å². The van der Waals surface area contributed by atoms with Gasteiger partial charge in [-0.15, -0.1) is 0 Å². The Bertz CT molecular complexity index is 640. The largest absolute Gasteiger partial charge is 0.489 e. The molecule has 1 aromatic heterocycles. The van der Waals surface area contributed by atoms with Gasteiger partial charge in [-0.3, -0.25) is 4.79 Å². The molecule has 0 bridgehead atoms. The van der Waals surface area contributed by atoms with Gasteiger partial charge in [0.25, 0.3) is 0 Å².